The molecule has 0 unspecified atom stereocenters. The minimum absolute atomic E-state index is 0.221. The van der Waals surface area contributed by atoms with E-state index < -0.39 is 25.4 Å². The zero-order valence-electron chi connectivity index (χ0n) is 17.7. The summed E-state index contributed by atoms with van der Waals surface area (Å²) in [4.78, 5) is 11.8. The van der Waals surface area contributed by atoms with E-state index in [1.54, 1.807) is 0 Å². The van der Waals surface area contributed by atoms with Crippen molar-refractivity contribution in [2.75, 3.05) is 19.8 Å². The molecule has 0 aliphatic heterocycles. The smallest absolute Gasteiger partial charge is 0.220 e. The summed E-state index contributed by atoms with van der Waals surface area (Å²) in [5.74, 6) is -0.221. The minimum atomic E-state index is -1.30. The van der Waals surface area contributed by atoms with E-state index in [9.17, 15) is 20.1 Å². The molecule has 0 radical (unpaired) electrons. The molecule has 0 spiro atoms. The lowest BCUT2D eigenvalue weighted by atomic mass is 10.0. The molecule has 5 heteroatoms. The van der Waals surface area contributed by atoms with Crippen molar-refractivity contribution in [1.82, 2.24) is 5.32 Å². The Morgan fingerprint density at radius 2 is 0.963 bits per heavy atom. The molecule has 0 aliphatic rings. The SMILES string of the molecule is CCCCCCCCCCCCCCCCCC(=O)NC(CO)(CO)CO. The van der Waals surface area contributed by atoms with Gasteiger partial charge in [0.05, 0.1) is 19.8 Å². The average Bonchev–Trinajstić information content (AvgIpc) is 2.69. The molecule has 0 atom stereocenters. The Morgan fingerprint density at radius 1 is 0.630 bits per heavy atom. The largest absolute Gasteiger partial charge is 0.394 e. The molecule has 0 saturated heterocycles. The first kappa shape index (κ1) is 26.4. The van der Waals surface area contributed by atoms with Crippen LogP contribution in [0, 0.1) is 0 Å². The molecular formula is C22H45NO4. The van der Waals surface area contributed by atoms with Crippen LogP contribution >= 0.6 is 0 Å². The standard InChI is InChI=1S/C22H45NO4/c1-2-3-4-5-6-7-8-9-10-11-12-13-14-15-16-17-21(27)23-22(18-24,19-25)20-26/h24-26H,2-20H2,1H3,(H,23,27). The van der Waals surface area contributed by atoms with Crippen LogP contribution in [0.1, 0.15) is 110 Å². The van der Waals surface area contributed by atoms with Gasteiger partial charge in [-0.05, 0) is 6.42 Å². The summed E-state index contributed by atoms with van der Waals surface area (Å²) in [5, 5.41) is 30.1. The number of carbonyl (C=O) groups is 1. The highest BCUT2D eigenvalue weighted by Gasteiger charge is 2.29. The summed E-state index contributed by atoms with van der Waals surface area (Å²) in [6, 6.07) is 0. The molecule has 0 aliphatic carbocycles. The van der Waals surface area contributed by atoms with E-state index in [0.717, 1.165) is 19.3 Å². The first-order valence-electron chi connectivity index (χ1n) is 11.3. The second-order valence-corrected chi connectivity index (χ2v) is 8.00. The van der Waals surface area contributed by atoms with Gasteiger partial charge in [0.2, 0.25) is 5.91 Å². The molecule has 27 heavy (non-hydrogen) atoms. The van der Waals surface area contributed by atoms with Gasteiger partial charge in [-0.1, -0.05) is 96.8 Å². The number of unbranched alkanes of at least 4 members (excludes halogenated alkanes) is 14. The minimum Gasteiger partial charge on any atom is -0.394 e. The van der Waals surface area contributed by atoms with Gasteiger partial charge in [-0.15, -0.1) is 0 Å². The van der Waals surface area contributed by atoms with Crippen LogP contribution in [0.15, 0.2) is 0 Å². The van der Waals surface area contributed by atoms with E-state index in [1.165, 1.54) is 77.0 Å². The zero-order chi connectivity index (χ0) is 20.2. The third kappa shape index (κ3) is 15.0. The average molecular weight is 388 g/mol. The quantitative estimate of drug-likeness (QED) is 0.237. The highest BCUT2D eigenvalue weighted by Crippen LogP contribution is 2.14. The van der Waals surface area contributed by atoms with Crippen molar-refractivity contribution in [2.24, 2.45) is 0 Å². The van der Waals surface area contributed by atoms with E-state index in [2.05, 4.69) is 12.2 Å². The molecule has 0 saturated carbocycles. The summed E-state index contributed by atoms with van der Waals surface area (Å²) >= 11 is 0. The number of aliphatic hydroxyl groups excluding tert-OH is 3. The van der Waals surface area contributed by atoms with Gasteiger partial charge in [-0.2, -0.15) is 0 Å². The van der Waals surface area contributed by atoms with Gasteiger partial charge in [0.1, 0.15) is 5.54 Å². The fraction of sp³-hybridized carbons (Fsp3) is 0.955. The van der Waals surface area contributed by atoms with E-state index in [-0.39, 0.29) is 5.91 Å². The van der Waals surface area contributed by atoms with Crippen LogP contribution in [0.3, 0.4) is 0 Å². The van der Waals surface area contributed by atoms with Gasteiger partial charge >= 0.3 is 0 Å². The Labute approximate surface area is 166 Å². The fourth-order valence-electron chi connectivity index (χ4n) is 3.28. The van der Waals surface area contributed by atoms with Crippen LogP contribution in [-0.4, -0.2) is 46.6 Å². The van der Waals surface area contributed by atoms with Crippen molar-refractivity contribution >= 4 is 5.91 Å². The van der Waals surface area contributed by atoms with Gasteiger partial charge in [0, 0.05) is 6.42 Å². The van der Waals surface area contributed by atoms with Crippen molar-refractivity contribution in [2.45, 2.75) is 115 Å². The predicted octanol–water partition coefficient (Wildman–Crippen LogP) is 4.08. The maximum Gasteiger partial charge on any atom is 0.220 e. The summed E-state index contributed by atoms with van der Waals surface area (Å²) in [7, 11) is 0. The van der Waals surface area contributed by atoms with Crippen molar-refractivity contribution in [3.05, 3.63) is 0 Å². The Morgan fingerprint density at radius 3 is 1.30 bits per heavy atom. The number of hydrogen-bond acceptors (Lipinski definition) is 4. The van der Waals surface area contributed by atoms with Crippen molar-refractivity contribution < 1.29 is 20.1 Å². The molecule has 162 valence electrons. The normalized spacial score (nSPS) is 11.7. The number of amides is 1. The maximum atomic E-state index is 11.8. The molecule has 0 bridgehead atoms. The van der Waals surface area contributed by atoms with Crippen molar-refractivity contribution in [1.29, 1.82) is 0 Å². The molecule has 5 nitrogen and oxygen atoms in total. The maximum absolute atomic E-state index is 11.8. The zero-order valence-corrected chi connectivity index (χ0v) is 17.7. The molecule has 1 amide bonds. The first-order chi connectivity index (χ1) is 13.1. The van der Waals surface area contributed by atoms with Crippen LogP contribution in [0.4, 0.5) is 0 Å². The summed E-state index contributed by atoms with van der Waals surface area (Å²) in [6.45, 7) is 0.857. The summed E-state index contributed by atoms with van der Waals surface area (Å²) in [5.41, 5.74) is -1.30. The van der Waals surface area contributed by atoms with Crippen LogP contribution in [0.25, 0.3) is 0 Å². The van der Waals surface area contributed by atoms with Crippen LogP contribution in [-0.2, 0) is 4.79 Å². The second-order valence-electron chi connectivity index (χ2n) is 8.00. The first-order valence-corrected chi connectivity index (χ1v) is 11.3. The number of rotatable bonds is 20. The van der Waals surface area contributed by atoms with E-state index in [1.807, 2.05) is 0 Å². The van der Waals surface area contributed by atoms with Crippen molar-refractivity contribution in [3.63, 3.8) is 0 Å². The van der Waals surface area contributed by atoms with E-state index >= 15 is 0 Å². The molecule has 0 rings (SSSR count). The molecule has 0 aromatic heterocycles. The number of aliphatic hydroxyl groups is 3. The molecule has 0 fully saturated rings. The topological polar surface area (TPSA) is 89.8 Å². The lowest BCUT2D eigenvalue weighted by molar-refractivity contribution is -0.125. The Hall–Kier alpha value is -0.650. The van der Waals surface area contributed by atoms with Gasteiger partial charge in [-0.25, -0.2) is 0 Å². The number of carbonyl (C=O) groups excluding carboxylic acids is 1. The molecule has 4 N–H and O–H groups in total. The van der Waals surface area contributed by atoms with Gasteiger partial charge in [-0.3, -0.25) is 4.79 Å². The third-order valence-corrected chi connectivity index (χ3v) is 5.32. The number of hydrogen-bond donors (Lipinski definition) is 4. The van der Waals surface area contributed by atoms with E-state index in [0.29, 0.717) is 6.42 Å². The summed E-state index contributed by atoms with van der Waals surface area (Å²) < 4.78 is 0. The second kappa shape index (κ2) is 18.7. The Balaban J connectivity index is 3.37. The molecule has 0 heterocycles. The molecule has 0 aromatic rings. The Kier molecular flexibility index (Phi) is 18.3. The van der Waals surface area contributed by atoms with Crippen LogP contribution in [0.5, 0.6) is 0 Å². The van der Waals surface area contributed by atoms with Crippen molar-refractivity contribution in [3.8, 4) is 0 Å². The molecular weight excluding hydrogens is 342 g/mol. The lowest BCUT2D eigenvalue weighted by Gasteiger charge is -2.28. The van der Waals surface area contributed by atoms with Gasteiger partial charge < -0.3 is 20.6 Å². The fourth-order valence-corrected chi connectivity index (χ4v) is 3.28. The van der Waals surface area contributed by atoms with Gasteiger partial charge in [0.15, 0.2) is 0 Å². The van der Waals surface area contributed by atoms with Gasteiger partial charge in [0.25, 0.3) is 0 Å². The monoisotopic (exact) mass is 387 g/mol. The third-order valence-electron chi connectivity index (χ3n) is 5.32. The highest BCUT2D eigenvalue weighted by atomic mass is 16.3. The summed E-state index contributed by atoms with van der Waals surface area (Å²) in [6.07, 6.45) is 19.6. The molecule has 0 aromatic carbocycles. The number of nitrogens with one attached hydrogen (secondary N) is 1. The van der Waals surface area contributed by atoms with Crippen LogP contribution in [0.2, 0.25) is 0 Å². The highest BCUT2D eigenvalue weighted by molar-refractivity contribution is 5.76. The lowest BCUT2D eigenvalue weighted by Crippen LogP contribution is -2.57. The van der Waals surface area contributed by atoms with E-state index in [4.69, 9.17) is 0 Å². The predicted molar refractivity (Wildman–Crippen MR) is 112 cm³/mol. The van der Waals surface area contributed by atoms with Crippen LogP contribution < -0.4 is 5.32 Å². The Bertz CT molecular complexity index is 324.